The van der Waals surface area contributed by atoms with Crippen molar-refractivity contribution in [3.63, 3.8) is 0 Å². The summed E-state index contributed by atoms with van der Waals surface area (Å²) in [6.07, 6.45) is 1.90. The van der Waals surface area contributed by atoms with Crippen molar-refractivity contribution in [1.29, 1.82) is 0 Å². The van der Waals surface area contributed by atoms with Crippen LogP contribution in [0.3, 0.4) is 0 Å². The van der Waals surface area contributed by atoms with Gasteiger partial charge in [-0.2, -0.15) is 0 Å². The van der Waals surface area contributed by atoms with Crippen molar-refractivity contribution >= 4 is 38.5 Å². The first-order chi connectivity index (χ1) is 10.1. The highest BCUT2D eigenvalue weighted by Crippen LogP contribution is 2.30. The Morgan fingerprint density at radius 1 is 1.05 bits per heavy atom. The van der Waals surface area contributed by atoms with Crippen molar-refractivity contribution in [2.45, 2.75) is 13.8 Å². The molecular formula is C18H14N2O. The quantitative estimate of drug-likeness (QED) is 0.523. The van der Waals surface area contributed by atoms with Crippen LogP contribution in [0.1, 0.15) is 22.8 Å². The van der Waals surface area contributed by atoms with Crippen molar-refractivity contribution in [1.82, 2.24) is 9.97 Å². The average molecular weight is 274 g/mol. The van der Waals surface area contributed by atoms with E-state index in [0.29, 0.717) is 5.56 Å². The van der Waals surface area contributed by atoms with Crippen LogP contribution in [0.5, 0.6) is 0 Å². The third kappa shape index (κ3) is 1.74. The van der Waals surface area contributed by atoms with Crippen LogP contribution in [0.15, 0.2) is 42.6 Å². The number of Topliss-reactive ketones (excluding diaryl/α,β-unsaturated/α-hetero) is 1. The summed E-state index contributed by atoms with van der Waals surface area (Å²) in [5.74, 6) is 0.0702. The summed E-state index contributed by atoms with van der Waals surface area (Å²) in [6.45, 7) is 3.67. The second-order valence-corrected chi connectivity index (χ2v) is 5.51. The molecule has 0 saturated carbocycles. The van der Waals surface area contributed by atoms with E-state index in [1.54, 1.807) is 6.92 Å². The molecule has 0 spiro atoms. The molecule has 102 valence electrons. The van der Waals surface area contributed by atoms with Gasteiger partial charge < -0.3 is 4.98 Å². The van der Waals surface area contributed by atoms with Crippen LogP contribution < -0.4 is 0 Å². The molecule has 4 aromatic rings. The molecule has 0 amide bonds. The number of H-pyrrole nitrogens is 1. The fraction of sp³-hybridized carbons (Fsp3) is 0.111. The highest BCUT2D eigenvalue weighted by atomic mass is 16.1. The number of benzene rings is 2. The first-order valence-corrected chi connectivity index (χ1v) is 6.95. The summed E-state index contributed by atoms with van der Waals surface area (Å²) in [5.41, 5.74) is 4.98. The Labute approximate surface area is 121 Å². The molecule has 2 aromatic carbocycles. The molecule has 3 nitrogen and oxygen atoms in total. The number of carbonyl (C=O) groups is 1. The number of aryl methyl sites for hydroxylation is 1. The van der Waals surface area contributed by atoms with Gasteiger partial charge in [0, 0.05) is 33.4 Å². The molecular weight excluding hydrogens is 260 g/mol. The van der Waals surface area contributed by atoms with E-state index in [0.717, 1.165) is 27.3 Å². The van der Waals surface area contributed by atoms with E-state index < -0.39 is 0 Å². The van der Waals surface area contributed by atoms with E-state index in [9.17, 15) is 4.79 Å². The highest BCUT2D eigenvalue weighted by molar-refractivity contribution is 6.16. The van der Waals surface area contributed by atoms with Crippen LogP contribution in [-0.4, -0.2) is 15.8 Å². The van der Waals surface area contributed by atoms with Gasteiger partial charge in [0.25, 0.3) is 0 Å². The summed E-state index contributed by atoms with van der Waals surface area (Å²) >= 11 is 0. The van der Waals surface area contributed by atoms with E-state index in [2.05, 4.69) is 35.1 Å². The van der Waals surface area contributed by atoms with Crippen LogP contribution in [-0.2, 0) is 0 Å². The first kappa shape index (κ1) is 12.1. The summed E-state index contributed by atoms with van der Waals surface area (Å²) in [4.78, 5) is 19.6. The molecule has 0 fully saturated rings. The maximum absolute atomic E-state index is 11.6. The lowest BCUT2D eigenvalue weighted by atomic mass is 10.1. The van der Waals surface area contributed by atoms with Gasteiger partial charge in [0.1, 0.15) is 0 Å². The van der Waals surface area contributed by atoms with Crippen molar-refractivity contribution in [3.8, 4) is 0 Å². The van der Waals surface area contributed by atoms with E-state index in [1.165, 1.54) is 10.9 Å². The summed E-state index contributed by atoms with van der Waals surface area (Å²) in [7, 11) is 0. The molecule has 0 atom stereocenters. The minimum Gasteiger partial charge on any atom is -0.354 e. The maximum atomic E-state index is 11.6. The molecule has 1 N–H and O–H groups in total. The van der Waals surface area contributed by atoms with E-state index in [4.69, 9.17) is 0 Å². The molecule has 2 aromatic heterocycles. The molecule has 21 heavy (non-hydrogen) atoms. The topological polar surface area (TPSA) is 45.8 Å². The zero-order valence-electron chi connectivity index (χ0n) is 11.9. The second kappa shape index (κ2) is 4.16. The maximum Gasteiger partial charge on any atom is 0.159 e. The third-order valence-electron chi connectivity index (χ3n) is 4.00. The van der Waals surface area contributed by atoms with Gasteiger partial charge in [0.15, 0.2) is 5.78 Å². The molecule has 0 bridgehead atoms. The summed E-state index contributed by atoms with van der Waals surface area (Å²) in [6, 6.07) is 12.0. The Balaban J connectivity index is 2.19. The van der Waals surface area contributed by atoms with Gasteiger partial charge in [-0.15, -0.1) is 0 Å². The number of nitrogens with zero attached hydrogens (tertiary/aromatic N) is 1. The van der Waals surface area contributed by atoms with Crippen LogP contribution in [0, 0.1) is 6.92 Å². The number of ketones is 1. The zero-order valence-corrected chi connectivity index (χ0v) is 11.9. The predicted octanol–water partition coefficient (Wildman–Crippen LogP) is 4.38. The molecule has 2 heterocycles. The fourth-order valence-electron chi connectivity index (χ4n) is 2.88. The fourth-order valence-corrected chi connectivity index (χ4v) is 2.88. The number of hydrogen-bond donors (Lipinski definition) is 1. The Bertz CT molecular complexity index is 1030. The number of rotatable bonds is 1. The SMILES string of the molecule is CC(=O)c1ccc2ncc3c4ccc(C)cc4[nH]c3c2c1. The van der Waals surface area contributed by atoms with E-state index in [1.807, 2.05) is 24.4 Å². The molecule has 0 unspecified atom stereocenters. The van der Waals surface area contributed by atoms with Gasteiger partial charge >= 0.3 is 0 Å². The number of carbonyl (C=O) groups excluding carboxylic acids is 1. The molecule has 0 saturated heterocycles. The van der Waals surface area contributed by atoms with E-state index in [-0.39, 0.29) is 5.78 Å². The number of aromatic nitrogens is 2. The molecule has 4 rings (SSSR count). The average Bonchev–Trinajstić information content (AvgIpc) is 2.84. The molecule has 0 aliphatic heterocycles. The lowest BCUT2D eigenvalue weighted by molar-refractivity contribution is 0.101. The van der Waals surface area contributed by atoms with Gasteiger partial charge in [-0.25, -0.2) is 0 Å². The minimum absolute atomic E-state index is 0.0702. The minimum atomic E-state index is 0.0702. The standard InChI is InChI=1S/C18H14N2O/c1-10-3-5-13-15-9-19-16-6-4-12(11(2)21)8-14(16)18(15)20-17(13)7-10/h3-9,20H,1-2H3. The van der Waals surface area contributed by atoms with Gasteiger partial charge in [-0.05, 0) is 43.7 Å². The van der Waals surface area contributed by atoms with Gasteiger partial charge in [0.2, 0.25) is 0 Å². The Hall–Kier alpha value is -2.68. The lowest BCUT2D eigenvalue weighted by Gasteiger charge is -2.01. The third-order valence-corrected chi connectivity index (χ3v) is 4.00. The Morgan fingerprint density at radius 2 is 1.90 bits per heavy atom. The van der Waals surface area contributed by atoms with Crippen LogP contribution in [0.4, 0.5) is 0 Å². The summed E-state index contributed by atoms with van der Waals surface area (Å²) in [5, 5.41) is 3.26. The highest BCUT2D eigenvalue weighted by Gasteiger charge is 2.10. The molecule has 3 heteroatoms. The monoisotopic (exact) mass is 274 g/mol. The Kier molecular flexibility index (Phi) is 2.39. The zero-order chi connectivity index (χ0) is 14.6. The lowest BCUT2D eigenvalue weighted by Crippen LogP contribution is -1.92. The van der Waals surface area contributed by atoms with E-state index >= 15 is 0 Å². The largest absolute Gasteiger partial charge is 0.354 e. The molecule has 0 aliphatic rings. The predicted molar refractivity (Wildman–Crippen MR) is 85.8 cm³/mol. The van der Waals surface area contributed by atoms with Gasteiger partial charge in [-0.1, -0.05) is 12.1 Å². The number of pyridine rings is 1. The number of nitrogens with one attached hydrogen (secondary N) is 1. The van der Waals surface area contributed by atoms with Crippen LogP contribution in [0.25, 0.3) is 32.7 Å². The van der Waals surface area contributed by atoms with Crippen molar-refractivity contribution in [3.05, 3.63) is 53.7 Å². The van der Waals surface area contributed by atoms with Crippen molar-refractivity contribution in [2.24, 2.45) is 0 Å². The van der Waals surface area contributed by atoms with Gasteiger partial charge in [0.05, 0.1) is 11.0 Å². The Morgan fingerprint density at radius 3 is 2.71 bits per heavy atom. The molecule has 0 aliphatic carbocycles. The van der Waals surface area contributed by atoms with Crippen molar-refractivity contribution < 1.29 is 4.79 Å². The summed E-state index contributed by atoms with van der Waals surface area (Å²) < 4.78 is 0. The second-order valence-electron chi connectivity index (χ2n) is 5.51. The van der Waals surface area contributed by atoms with Crippen molar-refractivity contribution in [2.75, 3.05) is 0 Å². The normalized spacial score (nSPS) is 11.5. The first-order valence-electron chi connectivity index (χ1n) is 6.95. The van der Waals surface area contributed by atoms with Crippen LogP contribution in [0.2, 0.25) is 0 Å². The molecule has 0 radical (unpaired) electrons. The number of hydrogen-bond acceptors (Lipinski definition) is 2. The smallest absolute Gasteiger partial charge is 0.159 e. The number of aromatic amines is 1. The van der Waals surface area contributed by atoms with Crippen LogP contribution >= 0.6 is 0 Å². The van der Waals surface area contributed by atoms with Gasteiger partial charge in [-0.3, -0.25) is 9.78 Å². The number of fused-ring (bicyclic) bond motifs is 5.